The number of piperidine rings is 1. The molecule has 0 atom stereocenters. The number of rotatable bonds is 4. The lowest BCUT2D eigenvalue weighted by Gasteiger charge is -2.40. The van der Waals surface area contributed by atoms with Crippen LogP contribution in [0.3, 0.4) is 0 Å². The molecular formula is C21H21Cl2F2N3O2. The highest BCUT2D eigenvalue weighted by atomic mass is 35.5. The van der Waals surface area contributed by atoms with Crippen molar-refractivity contribution in [3.05, 3.63) is 51.5 Å². The van der Waals surface area contributed by atoms with Crippen LogP contribution in [0.25, 0.3) is 0 Å². The molecule has 5 nitrogen and oxygen atoms in total. The maximum absolute atomic E-state index is 14.0. The van der Waals surface area contributed by atoms with Gasteiger partial charge in [0, 0.05) is 43.4 Å². The highest BCUT2D eigenvalue weighted by Crippen LogP contribution is 2.36. The van der Waals surface area contributed by atoms with Gasteiger partial charge in [0.1, 0.15) is 11.6 Å². The Hall–Kier alpha value is -2.09. The van der Waals surface area contributed by atoms with Crippen molar-refractivity contribution in [2.75, 3.05) is 35.2 Å². The number of carbonyl (C=O) groups is 1. The van der Waals surface area contributed by atoms with Gasteiger partial charge in [-0.05, 0) is 37.5 Å². The number of carbonyl (C=O) groups excluding carboxylic acids is 1. The van der Waals surface area contributed by atoms with Gasteiger partial charge < -0.3 is 20.6 Å². The Labute approximate surface area is 183 Å². The van der Waals surface area contributed by atoms with Gasteiger partial charge in [-0.25, -0.2) is 8.78 Å². The van der Waals surface area contributed by atoms with Gasteiger partial charge >= 0.3 is 0 Å². The van der Waals surface area contributed by atoms with Crippen molar-refractivity contribution < 1.29 is 18.7 Å². The molecule has 0 radical (unpaired) electrons. The predicted molar refractivity (Wildman–Crippen MR) is 115 cm³/mol. The monoisotopic (exact) mass is 455 g/mol. The Morgan fingerprint density at radius 1 is 1.10 bits per heavy atom. The Bertz CT molecular complexity index is 995. The molecule has 0 saturated carbocycles. The number of nitrogens with zero attached hydrogens (tertiary/aromatic N) is 1. The number of fused-ring (bicyclic) bond motifs is 1. The van der Waals surface area contributed by atoms with Crippen molar-refractivity contribution in [1.82, 2.24) is 0 Å². The van der Waals surface area contributed by atoms with E-state index in [1.54, 1.807) is 6.07 Å². The van der Waals surface area contributed by atoms with E-state index in [9.17, 15) is 18.7 Å². The van der Waals surface area contributed by atoms with Crippen molar-refractivity contribution >= 4 is 46.2 Å². The summed E-state index contributed by atoms with van der Waals surface area (Å²) in [4.78, 5) is 13.5. The van der Waals surface area contributed by atoms with Crippen LogP contribution in [0.1, 0.15) is 24.8 Å². The zero-order valence-electron chi connectivity index (χ0n) is 16.1. The summed E-state index contributed by atoms with van der Waals surface area (Å²) in [5.74, 6) is -1.21. The highest BCUT2D eigenvalue weighted by Gasteiger charge is 2.33. The summed E-state index contributed by atoms with van der Waals surface area (Å²) >= 11 is 12.0. The first kappa shape index (κ1) is 21.2. The molecule has 160 valence electrons. The van der Waals surface area contributed by atoms with Gasteiger partial charge in [-0.1, -0.05) is 23.2 Å². The lowest BCUT2D eigenvalue weighted by atomic mass is 9.90. The molecule has 3 N–H and O–H groups in total. The van der Waals surface area contributed by atoms with E-state index in [2.05, 4.69) is 10.6 Å². The van der Waals surface area contributed by atoms with Crippen molar-refractivity contribution in [3.8, 4) is 0 Å². The number of amides is 1. The smallest absolute Gasteiger partial charge is 0.224 e. The molecule has 0 unspecified atom stereocenters. The zero-order chi connectivity index (χ0) is 21.5. The quantitative estimate of drug-likeness (QED) is 0.589. The normalized spacial score (nSPS) is 18.0. The fraction of sp³-hybridized carbons (Fsp3) is 0.381. The van der Waals surface area contributed by atoms with E-state index in [0.717, 1.165) is 0 Å². The summed E-state index contributed by atoms with van der Waals surface area (Å²) in [7, 11) is 0. The van der Waals surface area contributed by atoms with Crippen molar-refractivity contribution in [3.63, 3.8) is 0 Å². The molecule has 2 aliphatic rings. The minimum absolute atomic E-state index is 0.0275. The molecule has 0 bridgehead atoms. The fourth-order valence-corrected chi connectivity index (χ4v) is 4.48. The van der Waals surface area contributed by atoms with Gasteiger partial charge in [-0.2, -0.15) is 0 Å². The summed E-state index contributed by atoms with van der Waals surface area (Å²) in [5, 5.41) is 17.1. The molecule has 1 amide bonds. The van der Waals surface area contributed by atoms with E-state index in [1.807, 2.05) is 4.90 Å². The van der Waals surface area contributed by atoms with Crippen LogP contribution < -0.4 is 15.5 Å². The fourth-order valence-electron chi connectivity index (χ4n) is 3.97. The number of benzene rings is 2. The number of aliphatic hydroxyl groups is 1. The SMILES string of the molecule is O=C1CCc2c(NCC3(O)CCN(c4cc(F)c(Cl)cc4Cl)CC3)ccc(F)c2N1. The average molecular weight is 456 g/mol. The number of halogens is 4. The predicted octanol–water partition coefficient (Wildman–Crippen LogP) is 4.60. The van der Waals surface area contributed by atoms with Crippen molar-refractivity contribution in [2.24, 2.45) is 0 Å². The molecule has 2 aliphatic heterocycles. The number of nitrogens with one attached hydrogen (secondary N) is 2. The second-order valence-corrected chi connectivity index (χ2v) is 8.59. The van der Waals surface area contributed by atoms with Crippen LogP contribution in [0.2, 0.25) is 10.0 Å². The molecule has 1 fully saturated rings. The number of anilines is 3. The molecule has 1 saturated heterocycles. The van der Waals surface area contributed by atoms with Crippen LogP contribution in [-0.2, 0) is 11.2 Å². The minimum atomic E-state index is -0.979. The first-order valence-electron chi connectivity index (χ1n) is 9.73. The molecule has 2 aromatic rings. The molecule has 9 heteroatoms. The summed E-state index contributed by atoms with van der Waals surface area (Å²) < 4.78 is 27.9. The van der Waals surface area contributed by atoms with Crippen molar-refractivity contribution in [1.29, 1.82) is 0 Å². The zero-order valence-corrected chi connectivity index (χ0v) is 17.6. The highest BCUT2D eigenvalue weighted by molar-refractivity contribution is 6.36. The summed E-state index contributed by atoms with van der Waals surface area (Å²) in [6.45, 7) is 1.27. The Balaban J connectivity index is 1.42. The molecule has 4 rings (SSSR count). The van der Waals surface area contributed by atoms with Crippen molar-refractivity contribution in [2.45, 2.75) is 31.3 Å². The van der Waals surface area contributed by atoms with E-state index in [1.165, 1.54) is 18.2 Å². The standard InChI is InChI=1S/C21H21Cl2F2N3O2/c22-13-9-14(23)18(10-16(13)25)28-7-5-21(30,6-8-28)11-26-17-3-2-15(24)20-12(17)1-4-19(29)27-20/h2-3,9-10,26,30H,1,4-8,11H2,(H,27,29). The van der Waals surface area contributed by atoms with E-state index in [0.29, 0.717) is 60.7 Å². The summed E-state index contributed by atoms with van der Waals surface area (Å²) in [5.41, 5.74) is 1.19. The van der Waals surface area contributed by atoms with Crippen LogP contribution in [0.15, 0.2) is 24.3 Å². The Morgan fingerprint density at radius 2 is 1.83 bits per heavy atom. The number of hydrogen-bond acceptors (Lipinski definition) is 4. The maximum atomic E-state index is 14.0. The van der Waals surface area contributed by atoms with E-state index in [4.69, 9.17) is 23.2 Å². The van der Waals surface area contributed by atoms with Crippen LogP contribution in [0, 0.1) is 11.6 Å². The van der Waals surface area contributed by atoms with E-state index >= 15 is 0 Å². The summed E-state index contributed by atoms with van der Waals surface area (Å²) in [6, 6.07) is 5.62. The molecule has 2 heterocycles. The second kappa shape index (κ2) is 8.21. The average Bonchev–Trinajstić information content (AvgIpc) is 2.71. The molecule has 0 spiro atoms. The van der Waals surface area contributed by atoms with Crippen LogP contribution in [-0.4, -0.2) is 36.2 Å². The van der Waals surface area contributed by atoms with Gasteiger partial charge in [0.05, 0.1) is 27.0 Å². The molecule has 0 aliphatic carbocycles. The lowest BCUT2D eigenvalue weighted by molar-refractivity contribution is -0.116. The Morgan fingerprint density at radius 3 is 2.57 bits per heavy atom. The third kappa shape index (κ3) is 4.19. The third-order valence-corrected chi connectivity index (χ3v) is 6.35. The second-order valence-electron chi connectivity index (χ2n) is 7.78. The minimum Gasteiger partial charge on any atom is -0.388 e. The molecular weight excluding hydrogens is 435 g/mol. The molecule has 2 aromatic carbocycles. The lowest BCUT2D eigenvalue weighted by Crippen LogP contribution is -2.48. The number of hydrogen-bond donors (Lipinski definition) is 3. The van der Waals surface area contributed by atoms with Gasteiger partial charge in [0.2, 0.25) is 5.91 Å². The molecule has 30 heavy (non-hydrogen) atoms. The van der Waals surface area contributed by atoms with Gasteiger partial charge in [-0.15, -0.1) is 0 Å². The van der Waals surface area contributed by atoms with Crippen LogP contribution in [0.5, 0.6) is 0 Å². The van der Waals surface area contributed by atoms with E-state index in [-0.39, 0.29) is 23.2 Å². The van der Waals surface area contributed by atoms with Gasteiger partial charge in [0.15, 0.2) is 0 Å². The largest absolute Gasteiger partial charge is 0.388 e. The first-order valence-corrected chi connectivity index (χ1v) is 10.5. The maximum Gasteiger partial charge on any atom is 0.224 e. The van der Waals surface area contributed by atoms with Crippen LogP contribution in [0.4, 0.5) is 25.8 Å². The summed E-state index contributed by atoms with van der Waals surface area (Å²) in [6.07, 6.45) is 1.62. The molecule has 0 aromatic heterocycles. The van der Waals surface area contributed by atoms with Gasteiger partial charge in [-0.3, -0.25) is 4.79 Å². The third-order valence-electron chi connectivity index (χ3n) is 5.76. The first-order chi connectivity index (χ1) is 14.3. The van der Waals surface area contributed by atoms with Gasteiger partial charge in [0.25, 0.3) is 0 Å². The Kier molecular flexibility index (Phi) is 5.79. The topological polar surface area (TPSA) is 64.6 Å². The van der Waals surface area contributed by atoms with Crippen LogP contribution >= 0.6 is 23.2 Å². The van der Waals surface area contributed by atoms with E-state index < -0.39 is 17.2 Å².